The predicted octanol–water partition coefficient (Wildman–Crippen LogP) is 4.46. The molecule has 1 aromatic heterocycles. The molecule has 0 atom stereocenters. The van der Waals surface area contributed by atoms with Crippen LogP contribution in [0.3, 0.4) is 0 Å². The Morgan fingerprint density at radius 1 is 1.15 bits per heavy atom. The molecule has 33 heavy (non-hydrogen) atoms. The van der Waals surface area contributed by atoms with Crippen molar-refractivity contribution in [2.24, 2.45) is 4.99 Å². The minimum atomic E-state index is -0.242. The molecule has 1 fully saturated rings. The average molecular weight is 564 g/mol. The number of fused-ring (bicyclic) bond motifs is 1. The third-order valence-corrected chi connectivity index (χ3v) is 5.67. The highest BCUT2D eigenvalue weighted by Gasteiger charge is 2.17. The zero-order chi connectivity index (χ0) is 22.3. The summed E-state index contributed by atoms with van der Waals surface area (Å²) in [4.78, 5) is 21.5. The molecule has 9 heteroatoms. The minimum Gasteiger partial charge on any atom is -0.361 e. The topological polar surface area (TPSA) is 84.5 Å². The van der Waals surface area contributed by atoms with Gasteiger partial charge >= 0.3 is 6.03 Å². The maximum Gasteiger partial charge on any atom is 0.321 e. The number of nitrogens with zero attached hydrogens (tertiary/aromatic N) is 2. The van der Waals surface area contributed by atoms with E-state index in [0.29, 0.717) is 19.0 Å². The van der Waals surface area contributed by atoms with Gasteiger partial charge in [0, 0.05) is 56.0 Å². The van der Waals surface area contributed by atoms with E-state index >= 15 is 0 Å². The van der Waals surface area contributed by atoms with E-state index in [4.69, 9.17) is 0 Å². The van der Waals surface area contributed by atoms with Crippen LogP contribution < -0.4 is 16.0 Å². The number of hydrogen-bond acceptors (Lipinski definition) is 2. The lowest BCUT2D eigenvalue weighted by Crippen LogP contribution is -2.37. The number of urea groups is 1. The average Bonchev–Trinajstić information content (AvgIpc) is 3.47. The van der Waals surface area contributed by atoms with Gasteiger partial charge in [-0.05, 0) is 60.7 Å². The van der Waals surface area contributed by atoms with Crippen LogP contribution in [0.2, 0.25) is 0 Å². The SMILES string of the molecule is CN=C(NCCc1c[nH]c2cc(F)ccc12)NCc1cccc(NC(=O)N2CCCC2)c1.I. The molecule has 2 amide bonds. The second-order valence-electron chi connectivity index (χ2n) is 7.93. The van der Waals surface area contributed by atoms with Crippen LogP contribution in [0.25, 0.3) is 10.9 Å². The molecule has 3 aromatic rings. The zero-order valence-electron chi connectivity index (χ0n) is 18.7. The van der Waals surface area contributed by atoms with E-state index in [2.05, 4.69) is 25.9 Å². The van der Waals surface area contributed by atoms with Gasteiger partial charge < -0.3 is 25.8 Å². The normalized spacial score (nSPS) is 13.6. The van der Waals surface area contributed by atoms with Crippen molar-refractivity contribution in [3.8, 4) is 0 Å². The summed E-state index contributed by atoms with van der Waals surface area (Å²) >= 11 is 0. The zero-order valence-corrected chi connectivity index (χ0v) is 21.0. The molecule has 0 unspecified atom stereocenters. The molecule has 1 aliphatic rings. The molecule has 0 saturated carbocycles. The number of rotatable bonds is 6. The van der Waals surface area contributed by atoms with Crippen LogP contribution in [0, 0.1) is 5.82 Å². The molecule has 2 aromatic carbocycles. The number of H-pyrrole nitrogens is 1. The number of anilines is 1. The van der Waals surface area contributed by atoms with Gasteiger partial charge in [-0.2, -0.15) is 0 Å². The Morgan fingerprint density at radius 3 is 2.76 bits per heavy atom. The second-order valence-corrected chi connectivity index (χ2v) is 7.93. The third-order valence-electron chi connectivity index (χ3n) is 5.67. The van der Waals surface area contributed by atoms with Crippen LogP contribution in [0.15, 0.2) is 53.7 Å². The Morgan fingerprint density at radius 2 is 1.97 bits per heavy atom. The number of carbonyl (C=O) groups excluding carboxylic acids is 1. The maximum absolute atomic E-state index is 13.4. The van der Waals surface area contributed by atoms with Gasteiger partial charge in [0.25, 0.3) is 0 Å². The fraction of sp³-hybridized carbons (Fsp3) is 0.333. The molecular weight excluding hydrogens is 534 g/mol. The van der Waals surface area contributed by atoms with Gasteiger partial charge in [-0.1, -0.05) is 12.1 Å². The number of aliphatic imine (C=N–C) groups is 1. The number of hydrogen-bond donors (Lipinski definition) is 4. The van der Waals surface area contributed by atoms with Gasteiger partial charge in [0.1, 0.15) is 5.82 Å². The monoisotopic (exact) mass is 564 g/mol. The van der Waals surface area contributed by atoms with Gasteiger partial charge in [0.05, 0.1) is 0 Å². The molecule has 4 N–H and O–H groups in total. The summed E-state index contributed by atoms with van der Waals surface area (Å²) in [7, 11) is 1.73. The minimum absolute atomic E-state index is 0. The van der Waals surface area contributed by atoms with Gasteiger partial charge in [-0.25, -0.2) is 9.18 Å². The number of aromatic nitrogens is 1. The Kier molecular flexibility index (Phi) is 8.93. The van der Waals surface area contributed by atoms with E-state index in [1.165, 1.54) is 12.1 Å². The molecule has 0 bridgehead atoms. The van der Waals surface area contributed by atoms with Crippen LogP contribution in [-0.2, 0) is 13.0 Å². The Balaban J connectivity index is 0.00000306. The van der Waals surface area contributed by atoms with Crippen molar-refractivity contribution < 1.29 is 9.18 Å². The molecule has 1 aliphatic heterocycles. The standard InChI is InChI=1S/C24H29FN6O.HI/c1-26-23(27-10-9-18-16-28-22-14-19(25)7-8-21(18)22)29-15-17-5-4-6-20(13-17)30-24(32)31-11-2-3-12-31;/h4-8,13-14,16,28H,2-3,9-12,15H2,1H3,(H,30,32)(H2,26,27,29);1H. The number of aromatic amines is 1. The third kappa shape index (κ3) is 6.59. The Bertz CT molecular complexity index is 1110. The van der Waals surface area contributed by atoms with Crippen LogP contribution in [-0.4, -0.2) is 48.6 Å². The highest BCUT2D eigenvalue weighted by molar-refractivity contribution is 14.0. The second kappa shape index (κ2) is 11.9. The number of halogens is 2. The van der Waals surface area contributed by atoms with Gasteiger partial charge in [0.2, 0.25) is 0 Å². The van der Waals surface area contributed by atoms with E-state index in [9.17, 15) is 9.18 Å². The molecule has 0 radical (unpaired) electrons. The van der Waals surface area contributed by atoms with Crippen molar-refractivity contribution in [1.29, 1.82) is 0 Å². The molecular formula is C24H30FIN6O. The predicted molar refractivity (Wildman–Crippen MR) is 142 cm³/mol. The molecule has 1 saturated heterocycles. The van der Waals surface area contributed by atoms with Gasteiger partial charge in [-0.3, -0.25) is 4.99 Å². The van der Waals surface area contributed by atoms with E-state index in [-0.39, 0.29) is 35.8 Å². The van der Waals surface area contributed by atoms with Crippen molar-refractivity contribution in [3.05, 3.63) is 65.6 Å². The molecule has 7 nitrogen and oxygen atoms in total. The van der Waals surface area contributed by atoms with Crippen LogP contribution in [0.1, 0.15) is 24.0 Å². The summed E-state index contributed by atoms with van der Waals surface area (Å²) in [6.45, 7) is 2.92. The van der Waals surface area contributed by atoms with Crippen LogP contribution in [0.5, 0.6) is 0 Å². The Hall–Kier alpha value is -2.82. The van der Waals surface area contributed by atoms with E-state index < -0.39 is 0 Å². The van der Waals surface area contributed by atoms with Crippen LogP contribution >= 0.6 is 24.0 Å². The summed E-state index contributed by atoms with van der Waals surface area (Å²) in [5.74, 6) is 0.454. The lowest BCUT2D eigenvalue weighted by molar-refractivity contribution is 0.222. The molecule has 0 spiro atoms. The lowest BCUT2D eigenvalue weighted by Gasteiger charge is -2.17. The van der Waals surface area contributed by atoms with Gasteiger partial charge in [-0.15, -0.1) is 24.0 Å². The van der Waals surface area contributed by atoms with Gasteiger partial charge in [0.15, 0.2) is 5.96 Å². The number of amides is 2. The van der Waals surface area contributed by atoms with Crippen LogP contribution in [0.4, 0.5) is 14.9 Å². The first-order valence-corrected chi connectivity index (χ1v) is 11.0. The molecule has 4 rings (SSSR count). The summed E-state index contributed by atoms with van der Waals surface area (Å²) in [6, 6.07) is 12.6. The lowest BCUT2D eigenvalue weighted by atomic mass is 10.1. The number of carbonyl (C=O) groups is 1. The number of guanidine groups is 1. The maximum atomic E-state index is 13.4. The van der Waals surface area contributed by atoms with E-state index in [1.54, 1.807) is 13.1 Å². The summed E-state index contributed by atoms with van der Waals surface area (Å²) in [5, 5.41) is 10.6. The largest absolute Gasteiger partial charge is 0.361 e. The van der Waals surface area contributed by atoms with E-state index in [1.807, 2.05) is 35.4 Å². The fourth-order valence-corrected chi connectivity index (χ4v) is 3.97. The fourth-order valence-electron chi connectivity index (χ4n) is 3.97. The summed E-state index contributed by atoms with van der Waals surface area (Å²) in [5.41, 5.74) is 3.77. The van der Waals surface area contributed by atoms with Crippen molar-refractivity contribution in [2.75, 3.05) is 32.0 Å². The van der Waals surface area contributed by atoms with Crippen molar-refractivity contribution in [1.82, 2.24) is 20.5 Å². The number of nitrogens with one attached hydrogen (secondary N) is 4. The summed E-state index contributed by atoms with van der Waals surface area (Å²) < 4.78 is 13.4. The molecule has 0 aliphatic carbocycles. The first-order valence-electron chi connectivity index (χ1n) is 11.0. The Labute approximate surface area is 210 Å². The van der Waals surface area contributed by atoms with E-state index in [0.717, 1.165) is 60.1 Å². The quantitative estimate of drug-likeness (QED) is 0.203. The molecule has 176 valence electrons. The van der Waals surface area contributed by atoms with Crippen molar-refractivity contribution in [2.45, 2.75) is 25.8 Å². The van der Waals surface area contributed by atoms with Crippen molar-refractivity contribution in [3.63, 3.8) is 0 Å². The summed E-state index contributed by atoms with van der Waals surface area (Å²) in [6.07, 6.45) is 4.85. The first kappa shape index (κ1) is 24.8. The highest BCUT2D eigenvalue weighted by Crippen LogP contribution is 2.19. The first-order chi connectivity index (χ1) is 15.6. The number of benzene rings is 2. The smallest absolute Gasteiger partial charge is 0.321 e. The van der Waals surface area contributed by atoms with Crippen molar-refractivity contribution >= 4 is 52.6 Å². The highest BCUT2D eigenvalue weighted by atomic mass is 127. The number of likely N-dealkylation sites (tertiary alicyclic amines) is 1. The molecule has 2 heterocycles.